The van der Waals surface area contributed by atoms with E-state index in [4.69, 9.17) is 0 Å². The van der Waals surface area contributed by atoms with E-state index in [1.807, 2.05) is 0 Å². The average molecular weight is 265 g/mol. The van der Waals surface area contributed by atoms with Crippen LogP contribution >= 0.6 is 15.9 Å². The Hall–Kier alpha value is -0.970. The summed E-state index contributed by atoms with van der Waals surface area (Å²) in [5.41, 5.74) is -0.448. The number of halogens is 3. The van der Waals surface area contributed by atoms with E-state index in [0.717, 1.165) is 7.11 Å². The van der Waals surface area contributed by atoms with E-state index in [1.165, 1.54) is 18.2 Å². The van der Waals surface area contributed by atoms with Crippen LogP contribution in [0.2, 0.25) is 0 Å². The molecule has 0 amide bonds. The molecule has 0 saturated heterocycles. The third-order valence-electron chi connectivity index (χ3n) is 1.67. The van der Waals surface area contributed by atoms with Crippen molar-refractivity contribution in [2.45, 2.75) is 6.43 Å². The molecule has 0 N–H and O–H groups in total. The van der Waals surface area contributed by atoms with Crippen molar-refractivity contribution >= 4 is 21.9 Å². The molecular weight excluding hydrogens is 258 g/mol. The van der Waals surface area contributed by atoms with Crippen LogP contribution in [0.3, 0.4) is 0 Å². The lowest BCUT2D eigenvalue weighted by Gasteiger charge is -2.08. The summed E-state index contributed by atoms with van der Waals surface area (Å²) in [6.45, 7) is 0. The molecule has 2 nitrogen and oxygen atoms in total. The minimum absolute atomic E-state index is 0.120. The molecule has 0 fully saturated rings. The lowest BCUT2D eigenvalue weighted by atomic mass is 10.1. The maximum absolute atomic E-state index is 12.5. The van der Waals surface area contributed by atoms with Gasteiger partial charge in [-0.05, 0) is 22.0 Å². The maximum atomic E-state index is 12.5. The smallest absolute Gasteiger partial charge is 0.339 e. The quantitative estimate of drug-likeness (QED) is 0.767. The highest BCUT2D eigenvalue weighted by molar-refractivity contribution is 9.10. The van der Waals surface area contributed by atoms with Crippen LogP contribution in [-0.4, -0.2) is 13.1 Å². The van der Waals surface area contributed by atoms with Gasteiger partial charge in [-0.15, -0.1) is 0 Å². The van der Waals surface area contributed by atoms with Gasteiger partial charge in [0.2, 0.25) is 0 Å². The van der Waals surface area contributed by atoms with Crippen LogP contribution in [0.15, 0.2) is 22.7 Å². The highest BCUT2D eigenvalue weighted by atomic mass is 79.9. The van der Waals surface area contributed by atoms with Gasteiger partial charge >= 0.3 is 5.97 Å². The van der Waals surface area contributed by atoms with Gasteiger partial charge in [-0.1, -0.05) is 12.1 Å². The number of esters is 1. The Morgan fingerprint density at radius 3 is 2.64 bits per heavy atom. The van der Waals surface area contributed by atoms with E-state index in [0.29, 0.717) is 4.47 Å². The standard InChI is InChI=1S/C9H7BrF2O2/c1-14-9(13)7-5(8(11)12)3-2-4-6(7)10/h2-4,8H,1H3. The normalized spacial score (nSPS) is 10.4. The zero-order chi connectivity index (χ0) is 10.7. The minimum atomic E-state index is -2.69. The van der Waals surface area contributed by atoms with Crippen LogP contribution in [0.5, 0.6) is 0 Å². The molecule has 0 saturated carbocycles. The minimum Gasteiger partial charge on any atom is -0.465 e. The number of hydrogen-bond donors (Lipinski definition) is 0. The van der Waals surface area contributed by atoms with E-state index >= 15 is 0 Å². The second-order valence-electron chi connectivity index (χ2n) is 2.50. The molecule has 0 atom stereocenters. The molecular formula is C9H7BrF2O2. The monoisotopic (exact) mass is 264 g/mol. The molecule has 0 unspecified atom stereocenters. The lowest BCUT2D eigenvalue weighted by Crippen LogP contribution is -2.07. The first-order valence-corrected chi connectivity index (χ1v) is 4.52. The molecule has 0 heterocycles. The zero-order valence-corrected chi connectivity index (χ0v) is 8.85. The molecule has 0 radical (unpaired) electrons. The number of methoxy groups -OCH3 is 1. The van der Waals surface area contributed by atoms with Crippen molar-refractivity contribution < 1.29 is 18.3 Å². The molecule has 1 aromatic rings. The van der Waals surface area contributed by atoms with E-state index in [2.05, 4.69) is 20.7 Å². The third-order valence-corrected chi connectivity index (χ3v) is 2.33. The largest absolute Gasteiger partial charge is 0.465 e. The molecule has 76 valence electrons. The number of benzene rings is 1. The fourth-order valence-electron chi connectivity index (χ4n) is 1.04. The number of rotatable bonds is 2. The number of ether oxygens (including phenoxy) is 1. The van der Waals surface area contributed by atoms with Crippen LogP contribution in [0.1, 0.15) is 22.3 Å². The van der Waals surface area contributed by atoms with Crippen LogP contribution in [0, 0.1) is 0 Å². The van der Waals surface area contributed by atoms with Crippen molar-refractivity contribution in [3.8, 4) is 0 Å². The van der Waals surface area contributed by atoms with E-state index in [-0.39, 0.29) is 11.1 Å². The Bertz CT molecular complexity index is 353. The Labute approximate surface area is 88.0 Å². The van der Waals surface area contributed by atoms with Crippen LogP contribution in [0.25, 0.3) is 0 Å². The first-order chi connectivity index (χ1) is 6.57. The van der Waals surface area contributed by atoms with Gasteiger partial charge < -0.3 is 4.74 Å². The Morgan fingerprint density at radius 2 is 2.14 bits per heavy atom. The molecule has 0 aromatic heterocycles. The number of alkyl halides is 2. The second-order valence-corrected chi connectivity index (χ2v) is 3.35. The van der Waals surface area contributed by atoms with Crippen molar-refractivity contribution in [3.63, 3.8) is 0 Å². The second kappa shape index (κ2) is 4.50. The summed E-state index contributed by atoms with van der Waals surface area (Å²) < 4.78 is 29.7. The average Bonchev–Trinajstić information content (AvgIpc) is 2.16. The summed E-state index contributed by atoms with van der Waals surface area (Å²) in [5.74, 6) is -0.771. The van der Waals surface area contributed by atoms with Gasteiger partial charge in [0.25, 0.3) is 6.43 Å². The van der Waals surface area contributed by atoms with Crippen molar-refractivity contribution in [1.82, 2.24) is 0 Å². The summed E-state index contributed by atoms with van der Waals surface area (Å²) in [6.07, 6.45) is -2.69. The topological polar surface area (TPSA) is 26.3 Å². The van der Waals surface area contributed by atoms with Gasteiger partial charge in [0.05, 0.1) is 12.7 Å². The molecule has 5 heteroatoms. The van der Waals surface area contributed by atoms with Gasteiger partial charge in [0, 0.05) is 10.0 Å². The SMILES string of the molecule is COC(=O)c1c(Br)cccc1C(F)F. The highest BCUT2D eigenvalue weighted by Gasteiger charge is 2.21. The molecule has 0 aliphatic rings. The first-order valence-electron chi connectivity index (χ1n) is 3.72. The maximum Gasteiger partial charge on any atom is 0.339 e. The fraction of sp³-hybridized carbons (Fsp3) is 0.222. The Balaban J connectivity index is 3.29. The number of hydrogen-bond acceptors (Lipinski definition) is 2. The van der Waals surface area contributed by atoms with Crippen LogP contribution in [0.4, 0.5) is 8.78 Å². The van der Waals surface area contributed by atoms with Gasteiger partial charge in [-0.25, -0.2) is 13.6 Å². The van der Waals surface area contributed by atoms with Gasteiger partial charge in [0.15, 0.2) is 0 Å². The van der Waals surface area contributed by atoms with Gasteiger partial charge in [-0.2, -0.15) is 0 Å². The molecule has 14 heavy (non-hydrogen) atoms. The number of carbonyl (C=O) groups excluding carboxylic acids is 1. The molecule has 1 aromatic carbocycles. The van der Waals surface area contributed by atoms with Crippen molar-refractivity contribution in [1.29, 1.82) is 0 Å². The predicted octanol–water partition coefficient (Wildman–Crippen LogP) is 3.17. The molecule has 0 aliphatic heterocycles. The zero-order valence-electron chi connectivity index (χ0n) is 7.26. The van der Waals surface area contributed by atoms with Crippen LogP contribution < -0.4 is 0 Å². The predicted molar refractivity (Wildman–Crippen MR) is 50.4 cm³/mol. The third kappa shape index (κ3) is 2.09. The summed E-state index contributed by atoms with van der Waals surface area (Å²) in [6, 6.07) is 4.15. The van der Waals surface area contributed by atoms with Crippen molar-refractivity contribution in [2.24, 2.45) is 0 Å². The number of carbonyl (C=O) groups is 1. The molecule has 0 aliphatic carbocycles. The molecule has 0 bridgehead atoms. The van der Waals surface area contributed by atoms with Gasteiger partial charge in [-0.3, -0.25) is 0 Å². The van der Waals surface area contributed by atoms with Crippen molar-refractivity contribution in [3.05, 3.63) is 33.8 Å². The van der Waals surface area contributed by atoms with Gasteiger partial charge in [0.1, 0.15) is 0 Å². The van der Waals surface area contributed by atoms with E-state index < -0.39 is 12.4 Å². The van der Waals surface area contributed by atoms with E-state index in [1.54, 1.807) is 0 Å². The van der Waals surface area contributed by atoms with Crippen LogP contribution in [-0.2, 0) is 4.74 Å². The fourth-order valence-corrected chi connectivity index (χ4v) is 1.58. The Kier molecular flexibility index (Phi) is 3.57. The summed E-state index contributed by atoms with van der Waals surface area (Å²) in [5, 5.41) is 0. The molecule has 1 rings (SSSR count). The van der Waals surface area contributed by atoms with E-state index in [9.17, 15) is 13.6 Å². The lowest BCUT2D eigenvalue weighted by molar-refractivity contribution is 0.0588. The van der Waals surface area contributed by atoms with Crippen molar-refractivity contribution in [2.75, 3.05) is 7.11 Å². The Morgan fingerprint density at radius 1 is 1.50 bits per heavy atom. The summed E-state index contributed by atoms with van der Waals surface area (Å²) >= 11 is 3.02. The highest BCUT2D eigenvalue weighted by Crippen LogP contribution is 2.28. The summed E-state index contributed by atoms with van der Waals surface area (Å²) in [7, 11) is 1.15. The first kappa shape index (κ1) is 11.1. The summed E-state index contributed by atoms with van der Waals surface area (Å²) in [4.78, 5) is 11.2. The molecule has 0 spiro atoms.